The van der Waals surface area contributed by atoms with Gasteiger partial charge in [0.15, 0.2) is 5.78 Å². The highest BCUT2D eigenvalue weighted by atomic mass is 127. The molecule has 3 aliphatic rings. The number of likely N-dealkylation sites (tertiary alicyclic amines) is 1. The first-order valence-electron chi connectivity index (χ1n) is 22.7. The number of amides is 2. The molecule has 374 valence electrons. The number of carbonyl (C=O) groups excluding carboxylic acids is 3. The second kappa shape index (κ2) is 24.7. The number of aliphatic hydroxyl groups excluding tert-OH is 4. The number of carbonyl (C=O) groups is 3. The van der Waals surface area contributed by atoms with Crippen molar-refractivity contribution in [2.24, 2.45) is 10.9 Å². The maximum absolute atomic E-state index is 13.0. The number of hydrogen-bond acceptors (Lipinski definition) is 15. The number of likely N-dealkylation sites (N-methyl/N-ethyl adjacent to an activating group) is 1. The average Bonchev–Trinajstić information content (AvgIpc) is 3.86. The fourth-order valence-corrected chi connectivity index (χ4v) is 11.2. The van der Waals surface area contributed by atoms with Crippen molar-refractivity contribution in [1.82, 2.24) is 10.2 Å². The number of nitrogens with one attached hydrogen (secondary N) is 2. The monoisotopic (exact) mass is 1210 g/mol. The molecule has 0 aliphatic carbocycles. The van der Waals surface area contributed by atoms with Crippen LogP contribution in [0.1, 0.15) is 72.8 Å². The molecule has 0 spiro atoms. The molecular formula is C50H57I2N5O12S. The molecule has 2 amide bonds. The molecule has 0 saturated carbocycles. The van der Waals surface area contributed by atoms with Crippen LogP contribution in [0.15, 0.2) is 94.3 Å². The number of aryl methyl sites for hydroxylation is 1. The van der Waals surface area contributed by atoms with Crippen molar-refractivity contribution in [3.63, 3.8) is 0 Å². The molecule has 8 rings (SSSR count). The highest BCUT2D eigenvalue weighted by molar-refractivity contribution is 14.1. The topological polar surface area (TPSA) is 258 Å². The number of furan rings is 1. The van der Waals surface area contributed by atoms with Crippen molar-refractivity contribution in [1.29, 1.82) is 0 Å². The standard InChI is InChI=1S/C18H34N2O6S.C17H12I2O3.C15H11N3O3/c1-5-6-10-7-11(20(3)8-10)17(25)19-12(9(2)21)16-14(23)13(22)15(24)18(26-16)27-4;1-2-13-15(10-5-3-4-6-14(10)22-13)16(20)9-7-11(18)17(21)12(19)8-9;19-14-9-16-15(10-4-2-1-3-5-10)12-8-11(18(20)21)6-7-13(12)17-14/h9-16,18,21-24H,5-8H2,1-4H3,(H,19,25);3-8,21H,2H2,1H3;1-8H,9H2,(H,17,19)/t9-,10-,11+,12-,13+,14-,15-,16-,18-;;/m1../s1. The predicted molar refractivity (Wildman–Crippen MR) is 284 cm³/mol. The number of benzene rings is 4. The molecule has 0 unspecified atom stereocenters. The van der Waals surface area contributed by atoms with Gasteiger partial charge in [0.1, 0.15) is 53.5 Å². The number of aliphatic imine (C=N–C) groups is 1. The smallest absolute Gasteiger partial charge is 0.270 e. The van der Waals surface area contributed by atoms with Crippen molar-refractivity contribution >= 4 is 103 Å². The molecule has 2 saturated heterocycles. The van der Waals surface area contributed by atoms with Gasteiger partial charge >= 0.3 is 0 Å². The van der Waals surface area contributed by atoms with E-state index < -0.39 is 46.9 Å². The number of fused-ring (bicyclic) bond motifs is 2. The quantitative estimate of drug-likeness (QED) is 0.0298. The lowest BCUT2D eigenvalue weighted by atomic mass is 9.92. The maximum atomic E-state index is 13.0. The summed E-state index contributed by atoms with van der Waals surface area (Å²) in [6.45, 7) is 6.45. The van der Waals surface area contributed by atoms with E-state index in [0.29, 0.717) is 53.3 Å². The molecule has 5 aromatic rings. The third-order valence-electron chi connectivity index (χ3n) is 12.3. The zero-order valence-corrected chi connectivity index (χ0v) is 44.3. The number of ether oxygens (including phenoxy) is 1. The number of anilines is 1. The lowest BCUT2D eigenvalue weighted by Crippen LogP contribution is -2.65. The molecule has 4 aromatic carbocycles. The van der Waals surface area contributed by atoms with Crippen LogP contribution < -0.4 is 10.6 Å². The van der Waals surface area contributed by atoms with Gasteiger partial charge in [0.05, 0.1) is 47.2 Å². The van der Waals surface area contributed by atoms with Gasteiger partial charge in [-0.2, -0.15) is 0 Å². The minimum absolute atomic E-state index is 0.00724. The van der Waals surface area contributed by atoms with Crippen LogP contribution in [0.25, 0.3) is 11.0 Å². The fraction of sp³-hybridized carbons (Fsp3) is 0.400. The zero-order chi connectivity index (χ0) is 51.0. The first kappa shape index (κ1) is 54.8. The molecule has 17 nitrogen and oxygen atoms in total. The number of ketones is 1. The van der Waals surface area contributed by atoms with E-state index in [1.54, 1.807) is 18.4 Å². The van der Waals surface area contributed by atoms with Crippen LogP contribution in [0.3, 0.4) is 0 Å². The Kier molecular flexibility index (Phi) is 19.4. The minimum atomic E-state index is -1.42. The van der Waals surface area contributed by atoms with E-state index in [4.69, 9.17) is 9.15 Å². The molecule has 0 bridgehead atoms. The van der Waals surface area contributed by atoms with Crippen molar-refractivity contribution in [3.05, 3.63) is 130 Å². The Balaban J connectivity index is 0.000000174. The van der Waals surface area contributed by atoms with Crippen LogP contribution in [-0.2, 0) is 20.7 Å². The number of benzodiazepines with no additional fused rings is 1. The second-order valence-corrected chi connectivity index (χ2v) is 20.5. The molecular weight excluding hydrogens is 1150 g/mol. The molecule has 2 fully saturated rings. The van der Waals surface area contributed by atoms with E-state index in [1.807, 2.05) is 119 Å². The summed E-state index contributed by atoms with van der Waals surface area (Å²) in [5, 5.41) is 67.9. The van der Waals surface area contributed by atoms with E-state index in [0.717, 1.165) is 42.3 Å². The lowest BCUT2D eigenvalue weighted by molar-refractivity contribution is -0.384. The molecule has 7 N–H and O–H groups in total. The summed E-state index contributed by atoms with van der Waals surface area (Å²) < 4.78 is 12.9. The summed E-state index contributed by atoms with van der Waals surface area (Å²) in [7, 11) is 1.91. The van der Waals surface area contributed by atoms with Crippen LogP contribution in [0.5, 0.6) is 5.75 Å². The zero-order valence-electron chi connectivity index (χ0n) is 39.1. The van der Waals surface area contributed by atoms with Crippen LogP contribution >= 0.6 is 56.9 Å². The summed E-state index contributed by atoms with van der Waals surface area (Å²) in [5.41, 5.74) is 3.60. The van der Waals surface area contributed by atoms with E-state index >= 15 is 0 Å². The number of non-ortho nitro benzene ring substituents is 1. The molecule has 70 heavy (non-hydrogen) atoms. The van der Waals surface area contributed by atoms with Crippen LogP contribution in [0.2, 0.25) is 0 Å². The van der Waals surface area contributed by atoms with Crippen LogP contribution in [-0.4, -0.2) is 133 Å². The molecule has 0 radical (unpaired) electrons. The lowest BCUT2D eigenvalue weighted by Gasteiger charge is -2.44. The maximum Gasteiger partial charge on any atom is 0.270 e. The molecule has 20 heteroatoms. The fourth-order valence-electron chi connectivity index (χ4n) is 8.79. The number of aliphatic hydroxyl groups is 4. The number of para-hydroxylation sites is 1. The van der Waals surface area contributed by atoms with Gasteiger partial charge in [0.2, 0.25) is 11.8 Å². The number of thioether (sulfide) groups is 1. The normalized spacial score (nSPS) is 23.0. The number of halogens is 2. The highest BCUT2D eigenvalue weighted by Crippen LogP contribution is 2.34. The average molecular weight is 1210 g/mol. The number of hydrogen-bond donors (Lipinski definition) is 7. The SMILES string of the molecule is CCC[C@@H]1C[C@@H](C(=O)N[C@@H]([C@H]2O[C@H](SC)[C@H](O)[C@@H](O)[C@H]2O)[C@@H](C)O)N(C)C1.CCc1oc2ccccc2c1C(=O)c1cc(I)c(O)c(I)c1.O=C1CN=C(c2ccccc2)c2cc([N+](=O)[O-])ccc2N1. The number of rotatable bonds is 12. The minimum Gasteiger partial charge on any atom is -0.506 e. The van der Waals surface area contributed by atoms with Crippen molar-refractivity contribution in [2.75, 3.05) is 31.7 Å². The third-order valence-corrected chi connectivity index (χ3v) is 14.8. The van der Waals surface area contributed by atoms with Crippen molar-refractivity contribution in [3.8, 4) is 5.75 Å². The number of aromatic hydroxyl groups is 1. The molecule has 4 heterocycles. The van der Waals surface area contributed by atoms with Gasteiger partial charge in [-0.25, -0.2) is 0 Å². The Hall–Kier alpha value is -4.53. The van der Waals surface area contributed by atoms with E-state index in [-0.39, 0.29) is 41.6 Å². The number of phenols is 1. The van der Waals surface area contributed by atoms with Crippen LogP contribution in [0.4, 0.5) is 11.4 Å². The highest BCUT2D eigenvalue weighted by Gasteiger charge is 2.48. The first-order valence-corrected chi connectivity index (χ1v) is 26.2. The van der Waals surface area contributed by atoms with E-state index in [1.165, 1.54) is 36.9 Å². The second-order valence-electron chi connectivity index (χ2n) is 17.2. The Morgan fingerprint density at radius 3 is 2.30 bits per heavy atom. The number of phenolic OH excluding ortho intramolecular Hbond substituents is 1. The van der Waals surface area contributed by atoms with Crippen molar-refractivity contribution in [2.45, 2.75) is 94.5 Å². The number of nitrogens with zero attached hydrogens (tertiary/aromatic N) is 3. The summed E-state index contributed by atoms with van der Waals surface area (Å²) in [5.74, 6) is 0.845. The van der Waals surface area contributed by atoms with Gasteiger partial charge < -0.3 is 45.3 Å². The summed E-state index contributed by atoms with van der Waals surface area (Å²) in [6.07, 6.45) is -0.841. The third kappa shape index (κ3) is 12.7. The molecule has 1 aromatic heterocycles. The summed E-state index contributed by atoms with van der Waals surface area (Å²) >= 11 is 5.26. The Morgan fingerprint density at radius 1 is 1.00 bits per heavy atom. The Labute approximate surface area is 436 Å². The van der Waals surface area contributed by atoms with E-state index in [2.05, 4.69) is 22.5 Å². The Bertz CT molecular complexity index is 2680. The van der Waals surface area contributed by atoms with Gasteiger partial charge in [-0.1, -0.05) is 68.8 Å². The van der Waals surface area contributed by atoms with Gasteiger partial charge in [0.25, 0.3) is 5.69 Å². The summed E-state index contributed by atoms with van der Waals surface area (Å²) in [4.78, 5) is 54.3. The van der Waals surface area contributed by atoms with Gasteiger partial charge in [-0.15, -0.1) is 11.8 Å². The van der Waals surface area contributed by atoms with Crippen LogP contribution in [0, 0.1) is 23.2 Å². The first-order chi connectivity index (χ1) is 33.4. The van der Waals surface area contributed by atoms with Gasteiger partial charge in [-0.05, 0) is 108 Å². The van der Waals surface area contributed by atoms with Gasteiger partial charge in [-0.3, -0.25) is 34.4 Å². The molecule has 3 aliphatic heterocycles. The molecule has 9 atom stereocenters. The number of nitro groups is 1. The van der Waals surface area contributed by atoms with Gasteiger partial charge in [0, 0.05) is 47.2 Å². The van der Waals surface area contributed by atoms with E-state index in [9.17, 15) is 50.0 Å². The Morgan fingerprint density at radius 2 is 1.67 bits per heavy atom. The largest absolute Gasteiger partial charge is 0.506 e. The predicted octanol–water partition coefficient (Wildman–Crippen LogP) is 6.67. The summed E-state index contributed by atoms with van der Waals surface area (Å²) in [6, 6.07) is 23.4. The van der Waals surface area contributed by atoms with Crippen molar-refractivity contribution < 1.29 is 54.0 Å². The number of nitro benzene ring substituents is 1.